The zero-order valence-corrected chi connectivity index (χ0v) is 22.7. The second-order valence-corrected chi connectivity index (χ2v) is 11.6. The first-order valence-electron chi connectivity index (χ1n) is 12.5. The SMILES string of the molecule is CC(C)c1ccc(CNC(=O)[C@H]2CN(C(=O)Cn3cnnc3)CCN2S(=O)(=O)c2ccc(C(F)(F)F)cc2)cc1. The van der Waals surface area contributed by atoms with Crippen LogP contribution in [0.3, 0.4) is 0 Å². The van der Waals surface area contributed by atoms with Crippen LogP contribution < -0.4 is 5.32 Å². The van der Waals surface area contributed by atoms with E-state index in [1.807, 2.05) is 24.3 Å². The molecule has 40 heavy (non-hydrogen) atoms. The van der Waals surface area contributed by atoms with E-state index in [9.17, 15) is 31.2 Å². The smallest absolute Gasteiger partial charge is 0.351 e. The minimum Gasteiger partial charge on any atom is -0.351 e. The van der Waals surface area contributed by atoms with Gasteiger partial charge in [-0.25, -0.2) is 8.42 Å². The molecule has 1 aliphatic heterocycles. The average Bonchev–Trinajstić information content (AvgIpc) is 3.44. The standard InChI is InChI=1S/C26H29F3N6O4S/c1-18(2)20-5-3-19(4-6-20)13-30-25(37)23-14-34(24(36)15-33-16-31-32-17-33)11-12-35(23)40(38,39)22-9-7-21(8-10-22)26(27,28)29/h3-10,16-18,23H,11-15H2,1-2H3,(H,30,37)/t23-/m1/s1. The third-order valence-corrected chi connectivity index (χ3v) is 8.59. The van der Waals surface area contributed by atoms with Crippen molar-refractivity contribution in [2.75, 3.05) is 19.6 Å². The lowest BCUT2D eigenvalue weighted by atomic mass is 10.0. The number of amides is 2. The molecule has 1 aromatic heterocycles. The number of carbonyl (C=O) groups excluding carboxylic acids is 2. The van der Waals surface area contributed by atoms with Gasteiger partial charge < -0.3 is 14.8 Å². The zero-order chi connectivity index (χ0) is 29.1. The Morgan fingerprint density at radius 2 is 1.62 bits per heavy atom. The van der Waals surface area contributed by atoms with Gasteiger partial charge in [0, 0.05) is 26.2 Å². The molecule has 1 N–H and O–H groups in total. The molecule has 1 atom stereocenters. The van der Waals surface area contributed by atoms with Crippen molar-refractivity contribution in [1.29, 1.82) is 0 Å². The summed E-state index contributed by atoms with van der Waals surface area (Å²) in [6, 6.07) is 9.41. The van der Waals surface area contributed by atoms with Crippen molar-refractivity contribution in [2.45, 2.75) is 50.0 Å². The first-order valence-corrected chi connectivity index (χ1v) is 14.0. The van der Waals surface area contributed by atoms with Crippen molar-refractivity contribution in [3.05, 3.63) is 77.9 Å². The molecule has 2 heterocycles. The molecule has 1 fully saturated rings. The summed E-state index contributed by atoms with van der Waals surface area (Å²) in [5.41, 5.74) is 0.929. The third-order valence-electron chi connectivity index (χ3n) is 6.67. The van der Waals surface area contributed by atoms with Crippen molar-refractivity contribution in [1.82, 2.24) is 29.3 Å². The average molecular weight is 579 g/mol. The number of hydrogen-bond acceptors (Lipinski definition) is 6. The summed E-state index contributed by atoms with van der Waals surface area (Å²) in [7, 11) is -4.37. The minimum atomic E-state index is -4.63. The van der Waals surface area contributed by atoms with E-state index in [1.54, 1.807) is 0 Å². The fourth-order valence-electron chi connectivity index (χ4n) is 4.33. The number of halogens is 3. The van der Waals surface area contributed by atoms with Gasteiger partial charge in [-0.1, -0.05) is 38.1 Å². The van der Waals surface area contributed by atoms with Crippen molar-refractivity contribution < 1.29 is 31.2 Å². The molecule has 0 spiro atoms. The molecule has 0 saturated carbocycles. The molecule has 2 aromatic carbocycles. The van der Waals surface area contributed by atoms with Crippen LogP contribution in [-0.4, -0.2) is 69.9 Å². The molecule has 2 amide bonds. The quantitative estimate of drug-likeness (QED) is 0.439. The van der Waals surface area contributed by atoms with Crippen LogP contribution in [-0.2, 0) is 38.9 Å². The highest BCUT2D eigenvalue weighted by molar-refractivity contribution is 7.89. The van der Waals surface area contributed by atoms with E-state index < -0.39 is 33.7 Å². The summed E-state index contributed by atoms with van der Waals surface area (Å²) < 4.78 is 68.5. The van der Waals surface area contributed by atoms with Gasteiger partial charge in [-0.3, -0.25) is 9.59 Å². The van der Waals surface area contributed by atoms with Crippen LogP contribution in [0, 0.1) is 0 Å². The lowest BCUT2D eigenvalue weighted by Crippen LogP contribution is -2.61. The number of hydrogen-bond donors (Lipinski definition) is 1. The Morgan fingerprint density at radius 1 is 1.00 bits per heavy atom. The largest absolute Gasteiger partial charge is 0.416 e. The Kier molecular flexibility index (Phi) is 8.59. The fourth-order valence-corrected chi connectivity index (χ4v) is 5.90. The van der Waals surface area contributed by atoms with Gasteiger partial charge in [0.05, 0.1) is 10.5 Å². The number of piperazine rings is 1. The van der Waals surface area contributed by atoms with Gasteiger partial charge in [0.1, 0.15) is 25.2 Å². The van der Waals surface area contributed by atoms with E-state index in [2.05, 4.69) is 29.4 Å². The van der Waals surface area contributed by atoms with E-state index in [4.69, 9.17) is 0 Å². The molecule has 0 unspecified atom stereocenters. The van der Waals surface area contributed by atoms with Crippen LogP contribution in [0.5, 0.6) is 0 Å². The second-order valence-electron chi connectivity index (χ2n) is 9.74. The van der Waals surface area contributed by atoms with E-state index in [0.717, 1.165) is 27.6 Å². The van der Waals surface area contributed by atoms with Crippen LogP contribution >= 0.6 is 0 Å². The summed E-state index contributed by atoms with van der Waals surface area (Å²) in [5.74, 6) is -0.671. The number of benzene rings is 2. The molecule has 10 nitrogen and oxygen atoms in total. The van der Waals surface area contributed by atoms with E-state index in [0.29, 0.717) is 18.1 Å². The summed E-state index contributed by atoms with van der Waals surface area (Å²) in [6.07, 6.45) is -1.91. The highest BCUT2D eigenvalue weighted by Gasteiger charge is 2.41. The fraction of sp³-hybridized carbons (Fsp3) is 0.385. The first kappa shape index (κ1) is 29.2. The summed E-state index contributed by atoms with van der Waals surface area (Å²) in [5, 5.41) is 10.0. The van der Waals surface area contributed by atoms with Gasteiger partial charge >= 0.3 is 6.18 Å². The molecule has 0 aliphatic carbocycles. The Labute approximate surface area is 229 Å². The van der Waals surface area contributed by atoms with Gasteiger partial charge in [-0.05, 0) is 41.3 Å². The predicted octanol–water partition coefficient (Wildman–Crippen LogP) is 2.64. The Hall–Kier alpha value is -3.78. The number of carbonyl (C=O) groups is 2. The van der Waals surface area contributed by atoms with Crippen molar-refractivity contribution in [3.8, 4) is 0 Å². The monoisotopic (exact) mass is 578 g/mol. The van der Waals surface area contributed by atoms with E-state index in [1.165, 1.54) is 22.1 Å². The zero-order valence-electron chi connectivity index (χ0n) is 21.9. The topological polar surface area (TPSA) is 118 Å². The maximum atomic E-state index is 13.5. The summed E-state index contributed by atoms with van der Waals surface area (Å²) in [6.45, 7) is 3.66. The van der Waals surface area contributed by atoms with Gasteiger partial charge in [0.2, 0.25) is 21.8 Å². The number of nitrogens with zero attached hydrogens (tertiary/aromatic N) is 5. The van der Waals surface area contributed by atoms with Crippen LogP contribution in [0.4, 0.5) is 13.2 Å². The maximum Gasteiger partial charge on any atom is 0.416 e. The Morgan fingerprint density at radius 3 is 2.20 bits per heavy atom. The summed E-state index contributed by atoms with van der Waals surface area (Å²) in [4.78, 5) is 27.3. The van der Waals surface area contributed by atoms with E-state index in [-0.39, 0.29) is 43.5 Å². The maximum absolute atomic E-state index is 13.5. The van der Waals surface area contributed by atoms with Crippen LogP contribution in [0.1, 0.15) is 36.5 Å². The van der Waals surface area contributed by atoms with Crippen molar-refractivity contribution >= 4 is 21.8 Å². The molecular formula is C26H29F3N6O4S. The molecule has 0 radical (unpaired) electrons. The molecule has 0 bridgehead atoms. The van der Waals surface area contributed by atoms with Crippen molar-refractivity contribution in [3.63, 3.8) is 0 Å². The van der Waals surface area contributed by atoms with Crippen LogP contribution in [0.15, 0.2) is 66.1 Å². The molecular weight excluding hydrogens is 549 g/mol. The minimum absolute atomic E-state index is 0.0126. The van der Waals surface area contributed by atoms with Gasteiger partial charge in [-0.2, -0.15) is 17.5 Å². The van der Waals surface area contributed by atoms with Crippen molar-refractivity contribution in [2.24, 2.45) is 0 Å². The molecule has 3 aromatic rings. The highest BCUT2D eigenvalue weighted by atomic mass is 32.2. The van der Waals surface area contributed by atoms with Gasteiger partial charge in [0.15, 0.2) is 0 Å². The molecule has 14 heteroatoms. The second kappa shape index (κ2) is 11.8. The number of sulfonamides is 1. The predicted molar refractivity (Wildman–Crippen MR) is 138 cm³/mol. The van der Waals surface area contributed by atoms with Crippen LogP contribution in [0.2, 0.25) is 0 Å². The number of rotatable bonds is 8. The lowest BCUT2D eigenvalue weighted by Gasteiger charge is -2.39. The number of alkyl halides is 3. The summed E-state index contributed by atoms with van der Waals surface area (Å²) >= 11 is 0. The van der Waals surface area contributed by atoms with E-state index >= 15 is 0 Å². The number of aromatic nitrogens is 3. The Bertz CT molecular complexity index is 1430. The molecule has 1 saturated heterocycles. The van der Waals surface area contributed by atoms with Crippen LogP contribution in [0.25, 0.3) is 0 Å². The molecule has 4 rings (SSSR count). The lowest BCUT2D eigenvalue weighted by molar-refractivity contribution is -0.138. The van der Waals surface area contributed by atoms with Gasteiger partial charge in [-0.15, -0.1) is 10.2 Å². The van der Waals surface area contributed by atoms with Gasteiger partial charge in [0.25, 0.3) is 0 Å². The highest BCUT2D eigenvalue weighted by Crippen LogP contribution is 2.31. The molecule has 214 valence electrons. The first-order chi connectivity index (χ1) is 18.9. The third kappa shape index (κ3) is 6.67. The number of nitrogens with one attached hydrogen (secondary N) is 1. The normalized spacial score (nSPS) is 16.8. The Balaban J connectivity index is 1.56. The molecule has 1 aliphatic rings.